The van der Waals surface area contributed by atoms with E-state index in [2.05, 4.69) is 5.32 Å². The molecule has 0 saturated carbocycles. The van der Waals surface area contributed by atoms with Gasteiger partial charge in [0.25, 0.3) is 0 Å². The zero-order valence-electron chi connectivity index (χ0n) is 14.2. The van der Waals surface area contributed by atoms with Crippen LogP contribution in [0.5, 0.6) is 0 Å². The second-order valence-electron chi connectivity index (χ2n) is 5.69. The Morgan fingerprint density at radius 3 is 2.50 bits per heavy atom. The molecule has 1 aromatic rings. The lowest BCUT2D eigenvalue weighted by Crippen LogP contribution is -2.41. The number of fused-ring (bicyclic) bond motifs is 1. The van der Waals surface area contributed by atoms with Crippen molar-refractivity contribution >= 4 is 27.5 Å². The molecule has 0 aliphatic carbocycles. The normalized spacial score (nSPS) is 14.2. The van der Waals surface area contributed by atoms with Crippen molar-refractivity contribution in [1.29, 1.82) is 0 Å². The van der Waals surface area contributed by atoms with Gasteiger partial charge in [-0.05, 0) is 44.0 Å². The largest absolute Gasteiger partial charge is 0.342 e. The van der Waals surface area contributed by atoms with E-state index in [4.69, 9.17) is 0 Å². The zero-order valence-corrected chi connectivity index (χ0v) is 15.0. The van der Waals surface area contributed by atoms with Gasteiger partial charge in [0.05, 0.1) is 11.4 Å². The summed E-state index contributed by atoms with van der Waals surface area (Å²) < 4.78 is 26.4. The highest BCUT2D eigenvalue weighted by molar-refractivity contribution is 7.89. The van der Waals surface area contributed by atoms with Crippen LogP contribution >= 0.6 is 0 Å². The van der Waals surface area contributed by atoms with E-state index in [1.165, 1.54) is 13.1 Å². The average molecular weight is 353 g/mol. The number of carbonyl (C=O) groups is 2. The third kappa shape index (κ3) is 3.76. The fraction of sp³-hybridized carbons (Fsp3) is 0.500. The highest BCUT2D eigenvalue weighted by Gasteiger charge is 2.26. The van der Waals surface area contributed by atoms with Crippen molar-refractivity contribution in [2.75, 3.05) is 32.0 Å². The summed E-state index contributed by atoms with van der Waals surface area (Å²) >= 11 is 0. The van der Waals surface area contributed by atoms with E-state index in [0.717, 1.165) is 9.87 Å². The molecular weight excluding hydrogens is 330 g/mol. The van der Waals surface area contributed by atoms with Crippen LogP contribution in [0.3, 0.4) is 0 Å². The molecule has 8 heteroatoms. The summed E-state index contributed by atoms with van der Waals surface area (Å²) in [6.07, 6.45) is 0.847. The Kier molecular flexibility index (Phi) is 5.61. The van der Waals surface area contributed by atoms with Crippen molar-refractivity contribution in [1.82, 2.24) is 9.21 Å². The molecule has 1 heterocycles. The molecule has 0 bridgehead atoms. The lowest BCUT2D eigenvalue weighted by Gasteiger charge is -2.23. The summed E-state index contributed by atoms with van der Waals surface area (Å²) in [5.41, 5.74) is 1.44. The minimum atomic E-state index is -3.76. The van der Waals surface area contributed by atoms with E-state index in [1.807, 2.05) is 13.8 Å². The molecule has 1 aromatic carbocycles. The number of carbonyl (C=O) groups excluding carboxylic acids is 2. The van der Waals surface area contributed by atoms with Crippen LogP contribution in [0.4, 0.5) is 5.69 Å². The molecule has 0 spiro atoms. The quantitative estimate of drug-likeness (QED) is 0.828. The maximum atomic E-state index is 12.7. The topological polar surface area (TPSA) is 86.8 Å². The Bertz CT molecular complexity index is 742. The molecule has 1 aliphatic heterocycles. The van der Waals surface area contributed by atoms with Gasteiger partial charge in [-0.1, -0.05) is 0 Å². The second kappa shape index (κ2) is 7.31. The number of sulfonamides is 1. The van der Waals surface area contributed by atoms with E-state index < -0.39 is 10.0 Å². The fourth-order valence-corrected chi connectivity index (χ4v) is 3.82. The lowest BCUT2D eigenvalue weighted by molar-refractivity contribution is -0.130. The first kappa shape index (κ1) is 18.4. The number of nitrogens with one attached hydrogen (secondary N) is 1. The fourth-order valence-electron chi connectivity index (χ4n) is 2.65. The van der Waals surface area contributed by atoms with Crippen LogP contribution in [0, 0.1) is 0 Å². The molecule has 1 N–H and O–H groups in total. The molecule has 2 amide bonds. The third-order valence-electron chi connectivity index (χ3n) is 4.15. The van der Waals surface area contributed by atoms with E-state index in [-0.39, 0.29) is 23.3 Å². The number of anilines is 1. The van der Waals surface area contributed by atoms with Crippen LogP contribution in [0.15, 0.2) is 23.1 Å². The SMILES string of the molecule is CCN(CC)C(=O)CN(C)S(=O)(=O)c1ccc2c(c1)CCC(=O)N2. The van der Waals surface area contributed by atoms with Crippen molar-refractivity contribution in [3.63, 3.8) is 0 Å². The first-order valence-electron chi connectivity index (χ1n) is 7.96. The van der Waals surface area contributed by atoms with E-state index >= 15 is 0 Å². The molecule has 0 atom stereocenters. The van der Waals surface area contributed by atoms with Crippen LogP contribution in [-0.2, 0) is 26.0 Å². The predicted octanol–water partition coefficient (Wildman–Crippen LogP) is 1.06. The van der Waals surface area contributed by atoms with Crippen molar-refractivity contribution in [3.05, 3.63) is 23.8 Å². The summed E-state index contributed by atoms with van der Waals surface area (Å²) in [4.78, 5) is 25.2. The Balaban J connectivity index is 2.20. The number of nitrogens with zero attached hydrogens (tertiary/aromatic N) is 2. The molecule has 132 valence electrons. The van der Waals surface area contributed by atoms with Crippen LogP contribution < -0.4 is 5.32 Å². The van der Waals surface area contributed by atoms with Crippen molar-refractivity contribution in [2.45, 2.75) is 31.6 Å². The maximum absolute atomic E-state index is 12.7. The summed E-state index contributed by atoms with van der Waals surface area (Å²) in [5.74, 6) is -0.295. The number of rotatable bonds is 6. The van der Waals surface area contributed by atoms with Crippen molar-refractivity contribution < 1.29 is 18.0 Å². The Morgan fingerprint density at radius 2 is 1.88 bits per heavy atom. The first-order chi connectivity index (χ1) is 11.3. The summed E-state index contributed by atoms with van der Waals surface area (Å²) in [6.45, 7) is 4.60. The van der Waals surface area contributed by atoms with Gasteiger partial charge in [0.15, 0.2) is 0 Å². The molecule has 0 saturated heterocycles. The van der Waals surface area contributed by atoms with Gasteiger partial charge in [-0.25, -0.2) is 8.42 Å². The molecule has 7 nitrogen and oxygen atoms in total. The molecule has 0 aromatic heterocycles. The summed E-state index contributed by atoms with van der Waals surface area (Å²) in [6, 6.07) is 4.62. The molecule has 24 heavy (non-hydrogen) atoms. The lowest BCUT2D eigenvalue weighted by atomic mass is 10.0. The smallest absolute Gasteiger partial charge is 0.243 e. The standard InChI is InChI=1S/C16H23N3O4S/c1-4-19(5-2)16(21)11-18(3)24(22,23)13-7-8-14-12(10-13)6-9-15(20)17-14/h7-8,10H,4-6,9,11H2,1-3H3,(H,17,20). The van der Waals surface area contributed by atoms with Crippen LogP contribution in [0.2, 0.25) is 0 Å². The van der Waals surface area contributed by atoms with Gasteiger partial charge >= 0.3 is 0 Å². The minimum Gasteiger partial charge on any atom is -0.342 e. The molecule has 2 rings (SSSR count). The molecule has 1 aliphatic rings. The summed E-state index contributed by atoms with van der Waals surface area (Å²) in [7, 11) is -2.36. The highest BCUT2D eigenvalue weighted by atomic mass is 32.2. The van der Waals surface area contributed by atoms with Gasteiger partial charge in [0.1, 0.15) is 0 Å². The zero-order chi connectivity index (χ0) is 17.9. The molecule has 0 unspecified atom stereocenters. The number of amides is 2. The van der Waals surface area contributed by atoms with Gasteiger partial charge < -0.3 is 10.2 Å². The third-order valence-corrected chi connectivity index (χ3v) is 5.95. The second-order valence-corrected chi connectivity index (χ2v) is 7.74. The minimum absolute atomic E-state index is 0.0694. The Morgan fingerprint density at radius 1 is 1.21 bits per heavy atom. The van der Waals surface area contributed by atoms with Crippen LogP contribution in [0.1, 0.15) is 25.8 Å². The van der Waals surface area contributed by atoms with Crippen molar-refractivity contribution in [3.8, 4) is 0 Å². The first-order valence-corrected chi connectivity index (χ1v) is 9.40. The van der Waals surface area contributed by atoms with Gasteiger partial charge in [0, 0.05) is 32.2 Å². The van der Waals surface area contributed by atoms with Gasteiger partial charge in [-0.2, -0.15) is 4.31 Å². The summed E-state index contributed by atoms with van der Waals surface area (Å²) in [5, 5.41) is 2.72. The average Bonchev–Trinajstić information content (AvgIpc) is 2.55. The van der Waals surface area contributed by atoms with Gasteiger partial charge in [-0.3, -0.25) is 9.59 Å². The number of likely N-dealkylation sites (N-methyl/N-ethyl adjacent to an activating group) is 2. The molecular formula is C16H23N3O4S. The van der Waals surface area contributed by atoms with Crippen LogP contribution in [0.25, 0.3) is 0 Å². The Labute approximate surface area is 142 Å². The van der Waals surface area contributed by atoms with E-state index in [0.29, 0.717) is 31.6 Å². The van der Waals surface area contributed by atoms with Gasteiger partial charge in [-0.15, -0.1) is 0 Å². The van der Waals surface area contributed by atoms with E-state index in [9.17, 15) is 18.0 Å². The number of hydrogen-bond acceptors (Lipinski definition) is 4. The maximum Gasteiger partial charge on any atom is 0.243 e. The number of aryl methyl sites for hydroxylation is 1. The molecule has 0 fully saturated rings. The van der Waals surface area contributed by atoms with Crippen LogP contribution in [-0.4, -0.2) is 56.1 Å². The number of hydrogen-bond donors (Lipinski definition) is 1. The van der Waals surface area contributed by atoms with Gasteiger partial charge in [0.2, 0.25) is 21.8 Å². The molecule has 0 radical (unpaired) electrons. The van der Waals surface area contributed by atoms with Crippen molar-refractivity contribution in [2.24, 2.45) is 0 Å². The highest BCUT2D eigenvalue weighted by Crippen LogP contribution is 2.26. The monoisotopic (exact) mass is 353 g/mol. The predicted molar refractivity (Wildman–Crippen MR) is 91.1 cm³/mol. The Hall–Kier alpha value is -1.93. The van der Waals surface area contributed by atoms with E-state index in [1.54, 1.807) is 17.0 Å². The number of benzene rings is 1.